The van der Waals surface area contributed by atoms with Crippen LogP contribution in [0.3, 0.4) is 0 Å². The van der Waals surface area contributed by atoms with Crippen LogP contribution in [0.25, 0.3) is 0 Å². The number of fused-ring (bicyclic) bond motifs is 4. The summed E-state index contributed by atoms with van der Waals surface area (Å²) >= 11 is 6.24. The maximum Gasteiger partial charge on any atom is 0.250 e. The summed E-state index contributed by atoms with van der Waals surface area (Å²) in [4.78, 5) is 53.2. The van der Waals surface area contributed by atoms with Gasteiger partial charge in [0.2, 0.25) is 23.6 Å². The molecule has 0 bridgehead atoms. The Hall–Kier alpha value is -3.23. The summed E-state index contributed by atoms with van der Waals surface area (Å²) in [6.07, 6.45) is 0.790. The zero-order valence-corrected chi connectivity index (χ0v) is 18.5. The average Bonchev–Trinajstić information content (AvgIpc) is 3.37. The van der Waals surface area contributed by atoms with Gasteiger partial charge < -0.3 is 11.1 Å². The fourth-order valence-corrected chi connectivity index (χ4v) is 5.66. The van der Waals surface area contributed by atoms with Crippen molar-refractivity contribution in [3.63, 3.8) is 0 Å². The second-order valence-corrected chi connectivity index (χ2v) is 9.21. The number of likely N-dealkylation sites (tertiary alicyclic amines) is 1. The third-order valence-corrected chi connectivity index (χ3v) is 7.17. The van der Waals surface area contributed by atoms with Crippen LogP contribution in [0.2, 0.25) is 5.02 Å². The Balaban J connectivity index is 1.53. The number of anilines is 1. The topological polar surface area (TPSA) is 122 Å². The molecule has 4 atom stereocenters. The Labute approximate surface area is 195 Å². The van der Waals surface area contributed by atoms with Crippen molar-refractivity contribution in [3.05, 3.63) is 64.7 Å². The van der Waals surface area contributed by atoms with Crippen molar-refractivity contribution in [2.75, 3.05) is 11.9 Å². The standard InChI is InChI=1S/C24H23ClN4O4/c25-14-6-7-16-15(12-14)24(23(33)27-16)20-19(17(28-24)8-9-18(26)30)21(31)29(22(20)32)11-10-13-4-2-1-3-5-13/h1-7,12,17,19-20,28H,8-11H2,(H2,26,30)(H,27,33)/t17-,19-,20-,24-/m0/s1. The van der Waals surface area contributed by atoms with Crippen LogP contribution in [-0.4, -0.2) is 41.1 Å². The van der Waals surface area contributed by atoms with Crippen LogP contribution in [0.5, 0.6) is 0 Å². The smallest absolute Gasteiger partial charge is 0.250 e. The van der Waals surface area contributed by atoms with E-state index < -0.39 is 41.1 Å². The Bertz CT molecular complexity index is 1170. The zero-order chi connectivity index (χ0) is 23.3. The van der Waals surface area contributed by atoms with Gasteiger partial charge in [0.25, 0.3) is 0 Å². The van der Waals surface area contributed by atoms with Crippen molar-refractivity contribution in [2.24, 2.45) is 17.6 Å². The lowest BCUT2D eigenvalue weighted by atomic mass is 9.76. The van der Waals surface area contributed by atoms with Gasteiger partial charge in [0.05, 0.1) is 11.8 Å². The van der Waals surface area contributed by atoms with Gasteiger partial charge in [0.15, 0.2) is 0 Å². The first-order valence-corrected chi connectivity index (χ1v) is 11.3. The van der Waals surface area contributed by atoms with E-state index in [4.69, 9.17) is 17.3 Å². The molecule has 1 spiro atoms. The second-order valence-electron chi connectivity index (χ2n) is 8.78. The molecule has 4 amide bonds. The van der Waals surface area contributed by atoms with Crippen LogP contribution in [0.1, 0.15) is 24.0 Å². The molecule has 4 N–H and O–H groups in total. The van der Waals surface area contributed by atoms with Gasteiger partial charge in [-0.1, -0.05) is 41.9 Å². The van der Waals surface area contributed by atoms with Crippen molar-refractivity contribution in [2.45, 2.75) is 30.8 Å². The number of carbonyl (C=O) groups excluding carboxylic acids is 4. The minimum absolute atomic E-state index is 0.0342. The predicted molar refractivity (Wildman–Crippen MR) is 121 cm³/mol. The van der Waals surface area contributed by atoms with Crippen LogP contribution in [-0.2, 0) is 31.1 Å². The first-order valence-electron chi connectivity index (χ1n) is 10.9. The van der Waals surface area contributed by atoms with Crippen molar-refractivity contribution >= 4 is 40.9 Å². The van der Waals surface area contributed by atoms with Crippen molar-refractivity contribution in [1.29, 1.82) is 0 Å². The number of rotatable bonds is 6. The van der Waals surface area contributed by atoms with E-state index in [0.29, 0.717) is 22.7 Å². The number of nitrogens with zero attached hydrogens (tertiary/aromatic N) is 1. The third kappa shape index (κ3) is 3.32. The van der Waals surface area contributed by atoms with E-state index in [1.54, 1.807) is 18.2 Å². The third-order valence-electron chi connectivity index (χ3n) is 6.94. The molecule has 3 aliphatic heterocycles. The SMILES string of the molecule is NC(=O)CC[C@@H]1N[C@]2(C(=O)Nc3ccc(Cl)cc32)[C@@H]2C(=O)N(CCc3ccccc3)C(=O)[C@@H]12. The van der Waals surface area contributed by atoms with Crippen LogP contribution in [0, 0.1) is 11.8 Å². The monoisotopic (exact) mass is 466 g/mol. The fourth-order valence-electron chi connectivity index (χ4n) is 5.49. The molecule has 170 valence electrons. The van der Waals surface area contributed by atoms with Gasteiger partial charge in [-0.25, -0.2) is 0 Å². The van der Waals surface area contributed by atoms with Gasteiger partial charge in [-0.05, 0) is 36.6 Å². The van der Waals surface area contributed by atoms with Crippen molar-refractivity contribution in [1.82, 2.24) is 10.2 Å². The number of amides is 4. The number of carbonyl (C=O) groups is 4. The van der Waals surface area contributed by atoms with Gasteiger partial charge >= 0.3 is 0 Å². The summed E-state index contributed by atoms with van der Waals surface area (Å²) in [7, 11) is 0. The van der Waals surface area contributed by atoms with Crippen molar-refractivity contribution in [3.8, 4) is 0 Å². The molecule has 2 aromatic carbocycles. The van der Waals surface area contributed by atoms with Crippen molar-refractivity contribution < 1.29 is 19.2 Å². The predicted octanol–water partition coefficient (Wildman–Crippen LogP) is 1.57. The molecule has 0 saturated carbocycles. The second kappa shape index (κ2) is 7.97. The minimum Gasteiger partial charge on any atom is -0.370 e. The molecule has 0 aliphatic carbocycles. The highest BCUT2D eigenvalue weighted by molar-refractivity contribution is 6.31. The summed E-state index contributed by atoms with van der Waals surface area (Å²) in [5.74, 6) is -3.34. The van der Waals surface area contributed by atoms with E-state index in [0.717, 1.165) is 5.56 Å². The molecule has 8 nitrogen and oxygen atoms in total. The number of hydrogen-bond acceptors (Lipinski definition) is 5. The molecule has 3 heterocycles. The lowest BCUT2D eigenvalue weighted by Crippen LogP contribution is -2.53. The van der Waals surface area contributed by atoms with E-state index >= 15 is 0 Å². The highest BCUT2D eigenvalue weighted by atomic mass is 35.5. The largest absolute Gasteiger partial charge is 0.370 e. The number of primary amides is 1. The van der Waals surface area contributed by atoms with Crippen LogP contribution in [0.4, 0.5) is 5.69 Å². The Kier molecular flexibility index (Phi) is 5.22. The van der Waals surface area contributed by atoms with E-state index in [-0.39, 0.29) is 25.3 Å². The molecule has 2 saturated heterocycles. The average molecular weight is 467 g/mol. The number of imide groups is 1. The molecular weight excluding hydrogens is 444 g/mol. The van der Waals surface area contributed by atoms with E-state index in [1.165, 1.54) is 4.90 Å². The Morgan fingerprint density at radius 1 is 1.09 bits per heavy atom. The molecule has 9 heteroatoms. The molecular formula is C24H23ClN4O4. The number of halogens is 1. The van der Waals surface area contributed by atoms with Gasteiger partial charge in [-0.15, -0.1) is 0 Å². The highest BCUT2D eigenvalue weighted by Gasteiger charge is 2.70. The molecule has 0 unspecified atom stereocenters. The highest BCUT2D eigenvalue weighted by Crippen LogP contribution is 2.53. The van der Waals surface area contributed by atoms with Gasteiger partial charge in [0, 0.05) is 35.3 Å². The minimum atomic E-state index is -1.43. The summed E-state index contributed by atoms with van der Waals surface area (Å²) < 4.78 is 0. The first-order chi connectivity index (χ1) is 15.8. The Morgan fingerprint density at radius 3 is 2.58 bits per heavy atom. The number of nitrogens with one attached hydrogen (secondary N) is 2. The molecule has 0 aromatic heterocycles. The summed E-state index contributed by atoms with van der Waals surface area (Å²) in [6.45, 7) is 0.220. The molecule has 2 fully saturated rings. The van der Waals surface area contributed by atoms with Crippen LogP contribution >= 0.6 is 11.6 Å². The maximum atomic E-state index is 13.7. The maximum absolute atomic E-state index is 13.7. The number of nitrogens with two attached hydrogens (primary N) is 1. The number of hydrogen-bond donors (Lipinski definition) is 3. The first kappa shape index (κ1) is 21.6. The lowest BCUT2D eigenvalue weighted by molar-refractivity contribution is -0.142. The fraction of sp³-hybridized carbons (Fsp3) is 0.333. The normalized spacial score (nSPS) is 27.7. The molecule has 0 radical (unpaired) electrons. The molecule has 3 aliphatic rings. The number of benzene rings is 2. The zero-order valence-electron chi connectivity index (χ0n) is 17.7. The van der Waals surface area contributed by atoms with Gasteiger partial charge in [-0.3, -0.25) is 29.4 Å². The molecule has 5 rings (SSSR count). The molecule has 33 heavy (non-hydrogen) atoms. The van der Waals surface area contributed by atoms with Gasteiger partial charge in [0.1, 0.15) is 5.54 Å². The lowest BCUT2D eigenvalue weighted by Gasteiger charge is -2.29. The Morgan fingerprint density at radius 2 is 1.85 bits per heavy atom. The summed E-state index contributed by atoms with van der Waals surface area (Å²) in [5, 5.41) is 6.51. The molecule has 2 aromatic rings. The van der Waals surface area contributed by atoms with E-state index in [1.807, 2.05) is 30.3 Å². The summed E-state index contributed by atoms with van der Waals surface area (Å²) in [6, 6.07) is 14.0. The van der Waals surface area contributed by atoms with E-state index in [2.05, 4.69) is 10.6 Å². The quantitative estimate of drug-likeness (QED) is 0.558. The van der Waals surface area contributed by atoms with E-state index in [9.17, 15) is 19.2 Å². The van der Waals surface area contributed by atoms with Crippen LogP contribution in [0.15, 0.2) is 48.5 Å². The summed E-state index contributed by atoms with van der Waals surface area (Å²) in [5.41, 5.74) is 6.02. The van der Waals surface area contributed by atoms with Crippen LogP contribution < -0.4 is 16.4 Å². The van der Waals surface area contributed by atoms with Gasteiger partial charge in [-0.2, -0.15) is 0 Å².